The molecule has 1 aromatic carbocycles. The van der Waals surface area contributed by atoms with Crippen molar-refractivity contribution in [3.8, 4) is 0 Å². The number of nitrogens with one attached hydrogen (secondary N) is 2. The second kappa shape index (κ2) is 9.66. The van der Waals surface area contributed by atoms with Crippen molar-refractivity contribution in [3.05, 3.63) is 30.3 Å². The van der Waals surface area contributed by atoms with Gasteiger partial charge < -0.3 is 14.8 Å². The Bertz CT molecular complexity index is 409. The zero-order valence-corrected chi connectivity index (χ0v) is 11.6. The first kappa shape index (κ1) is 15.8. The van der Waals surface area contributed by atoms with Crippen molar-refractivity contribution in [1.82, 2.24) is 5.32 Å². The van der Waals surface area contributed by atoms with Gasteiger partial charge in [-0.05, 0) is 18.6 Å². The Balaban J connectivity index is 2.06. The summed E-state index contributed by atoms with van der Waals surface area (Å²) < 4.78 is 9.78. The van der Waals surface area contributed by atoms with Crippen LogP contribution in [0.15, 0.2) is 30.3 Å². The van der Waals surface area contributed by atoms with Crippen LogP contribution >= 0.6 is 0 Å². The molecule has 0 atom stereocenters. The third-order valence-corrected chi connectivity index (χ3v) is 2.36. The second-order valence-electron chi connectivity index (χ2n) is 4.04. The number of rotatable bonds is 7. The summed E-state index contributed by atoms with van der Waals surface area (Å²) >= 11 is 0. The van der Waals surface area contributed by atoms with E-state index in [1.165, 1.54) is 0 Å². The number of para-hydroxylation sites is 1. The smallest absolute Gasteiger partial charge is 0.411 e. The fraction of sp³-hybridized carbons (Fsp3) is 0.429. The van der Waals surface area contributed by atoms with Gasteiger partial charge in [-0.3, -0.25) is 5.32 Å². The van der Waals surface area contributed by atoms with Gasteiger partial charge >= 0.3 is 12.2 Å². The summed E-state index contributed by atoms with van der Waals surface area (Å²) in [4.78, 5) is 22.6. The maximum absolute atomic E-state index is 11.4. The molecular formula is C14H20N2O4. The van der Waals surface area contributed by atoms with E-state index in [4.69, 9.17) is 9.47 Å². The molecule has 110 valence electrons. The fourth-order valence-electron chi connectivity index (χ4n) is 1.33. The lowest BCUT2D eigenvalue weighted by Gasteiger charge is -2.08. The molecule has 0 saturated heterocycles. The first-order chi connectivity index (χ1) is 9.72. The van der Waals surface area contributed by atoms with E-state index in [-0.39, 0.29) is 13.2 Å². The first-order valence-electron chi connectivity index (χ1n) is 6.62. The molecular weight excluding hydrogens is 260 g/mol. The predicted molar refractivity (Wildman–Crippen MR) is 75.7 cm³/mol. The molecule has 1 aromatic rings. The molecule has 0 aliphatic heterocycles. The number of carbonyl (C=O) groups excluding carboxylic acids is 2. The lowest BCUT2D eigenvalue weighted by Crippen LogP contribution is -2.29. The Morgan fingerprint density at radius 1 is 1.05 bits per heavy atom. The van der Waals surface area contributed by atoms with Gasteiger partial charge in [0, 0.05) is 5.69 Å². The Morgan fingerprint density at radius 2 is 1.75 bits per heavy atom. The minimum absolute atomic E-state index is 0.0849. The third kappa shape index (κ3) is 7.25. The molecule has 0 heterocycles. The third-order valence-electron chi connectivity index (χ3n) is 2.36. The van der Waals surface area contributed by atoms with E-state index in [9.17, 15) is 9.59 Å². The van der Waals surface area contributed by atoms with Crippen molar-refractivity contribution in [1.29, 1.82) is 0 Å². The van der Waals surface area contributed by atoms with Gasteiger partial charge in [0.2, 0.25) is 0 Å². The maximum Gasteiger partial charge on any atom is 0.411 e. The number of benzene rings is 1. The number of unbranched alkanes of at least 4 members (excludes halogenated alkanes) is 1. The van der Waals surface area contributed by atoms with Crippen molar-refractivity contribution in [2.45, 2.75) is 19.8 Å². The minimum Gasteiger partial charge on any atom is -0.450 e. The molecule has 0 saturated carbocycles. The summed E-state index contributed by atoms with van der Waals surface area (Å²) in [5, 5.41) is 5.06. The highest BCUT2D eigenvalue weighted by atomic mass is 16.6. The average molecular weight is 280 g/mol. The highest BCUT2D eigenvalue weighted by Gasteiger charge is 2.04. The number of hydrogen-bond donors (Lipinski definition) is 2. The number of amides is 2. The van der Waals surface area contributed by atoms with Gasteiger partial charge in [0.1, 0.15) is 6.61 Å². The topological polar surface area (TPSA) is 76.7 Å². The van der Waals surface area contributed by atoms with Crippen molar-refractivity contribution in [2.75, 3.05) is 25.1 Å². The van der Waals surface area contributed by atoms with Crippen LogP contribution < -0.4 is 10.6 Å². The second-order valence-corrected chi connectivity index (χ2v) is 4.04. The molecule has 6 heteroatoms. The van der Waals surface area contributed by atoms with E-state index >= 15 is 0 Å². The molecule has 1 rings (SSSR count). The molecule has 0 aliphatic carbocycles. The molecule has 0 aliphatic rings. The number of ether oxygens (including phenoxy) is 2. The van der Waals surface area contributed by atoms with Crippen molar-refractivity contribution in [2.24, 2.45) is 0 Å². The largest absolute Gasteiger partial charge is 0.450 e. The summed E-state index contributed by atoms with van der Waals surface area (Å²) in [6, 6.07) is 8.98. The highest BCUT2D eigenvalue weighted by molar-refractivity contribution is 5.84. The molecule has 0 fully saturated rings. The molecule has 6 nitrogen and oxygen atoms in total. The SMILES string of the molecule is CCCCOC(=O)NCCOC(=O)Nc1ccccc1. The van der Waals surface area contributed by atoms with Crippen molar-refractivity contribution >= 4 is 17.9 Å². The van der Waals surface area contributed by atoms with Crippen LogP contribution in [0.3, 0.4) is 0 Å². The van der Waals surface area contributed by atoms with Crippen LogP contribution in [0.4, 0.5) is 15.3 Å². The predicted octanol–water partition coefficient (Wildman–Crippen LogP) is 2.76. The summed E-state index contributed by atoms with van der Waals surface area (Å²) in [6.45, 7) is 2.72. The Hall–Kier alpha value is -2.24. The minimum atomic E-state index is -0.558. The monoisotopic (exact) mass is 280 g/mol. The number of alkyl carbamates (subject to hydrolysis) is 1. The van der Waals surface area contributed by atoms with Crippen LogP contribution in [0.25, 0.3) is 0 Å². The van der Waals surface area contributed by atoms with Crippen LogP contribution in [-0.2, 0) is 9.47 Å². The van der Waals surface area contributed by atoms with Crippen LogP contribution in [-0.4, -0.2) is 31.9 Å². The van der Waals surface area contributed by atoms with E-state index in [1.54, 1.807) is 12.1 Å². The van der Waals surface area contributed by atoms with Gasteiger partial charge in [-0.1, -0.05) is 31.5 Å². The van der Waals surface area contributed by atoms with Gasteiger partial charge in [-0.25, -0.2) is 9.59 Å². The fourth-order valence-corrected chi connectivity index (χ4v) is 1.33. The van der Waals surface area contributed by atoms with Gasteiger partial charge in [-0.15, -0.1) is 0 Å². The summed E-state index contributed by atoms with van der Waals surface area (Å²) in [7, 11) is 0. The van der Waals surface area contributed by atoms with E-state index in [0.29, 0.717) is 12.3 Å². The van der Waals surface area contributed by atoms with Gasteiger partial charge in [0.25, 0.3) is 0 Å². The highest BCUT2D eigenvalue weighted by Crippen LogP contribution is 2.04. The average Bonchev–Trinajstić information content (AvgIpc) is 2.45. The quantitative estimate of drug-likeness (QED) is 0.753. The van der Waals surface area contributed by atoms with E-state index in [0.717, 1.165) is 12.8 Å². The van der Waals surface area contributed by atoms with Crippen LogP contribution in [0.1, 0.15) is 19.8 Å². The normalized spacial score (nSPS) is 9.65. The lowest BCUT2D eigenvalue weighted by molar-refractivity contribution is 0.136. The van der Waals surface area contributed by atoms with Crippen LogP contribution in [0.2, 0.25) is 0 Å². The van der Waals surface area contributed by atoms with Gasteiger partial charge in [-0.2, -0.15) is 0 Å². The van der Waals surface area contributed by atoms with Gasteiger partial charge in [0.05, 0.1) is 13.2 Å². The summed E-state index contributed by atoms with van der Waals surface area (Å²) in [6.07, 6.45) is 0.752. The Labute approximate surface area is 118 Å². The molecule has 0 radical (unpaired) electrons. The maximum atomic E-state index is 11.4. The molecule has 0 unspecified atom stereocenters. The van der Waals surface area contributed by atoms with Crippen molar-refractivity contribution in [3.63, 3.8) is 0 Å². The summed E-state index contributed by atoms with van der Waals surface area (Å²) in [5.74, 6) is 0. The number of hydrogen-bond acceptors (Lipinski definition) is 4. The number of carbonyl (C=O) groups is 2. The first-order valence-corrected chi connectivity index (χ1v) is 6.62. The van der Waals surface area contributed by atoms with Crippen molar-refractivity contribution < 1.29 is 19.1 Å². The van der Waals surface area contributed by atoms with E-state index < -0.39 is 12.2 Å². The van der Waals surface area contributed by atoms with E-state index in [1.807, 2.05) is 25.1 Å². The van der Waals surface area contributed by atoms with Crippen LogP contribution in [0, 0.1) is 0 Å². The Kier molecular flexibility index (Phi) is 7.64. The van der Waals surface area contributed by atoms with E-state index in [2.05, 4.69) is 10.6 Å². The molecule has 0 aromatic heterocycles. The molecule has 0 spiro atoms. The van der Waals surface area contributed by atoms with Gasteiger partial charge in [0.15, 0.2) is 0 Å². The zero-order chi connectivity index (χ0) is 14.6. The molecule has 20 heavy (non-hydrogen) atoms. The Morgan fingerprint density at radius 3 is 2.45 bits per heavy atom. The standard InChI is InChI=1S/C14H20N2O4/c1-2-3-10-19-13(17)15-9-11-20-14(18)16-12-7-5-4-6-8-12/h4-8H,2-3,9-11H2,1H3,(H,15,17)(H,16,18). The zero-order valence-electron chi connectivity index (χ0n) is 11.6. The van der Waals surface area contributed by atoms with Crippen LogP contribution in [0.5, 0.6) is 0 Å². The molecule has 2 amide bonds. The number of anilines is 1. The summed E-state index contributed by atoms with van der Waals surface area (Å²) in [5.41, 5.74) is 0.657. The molecule has 2 N–H and O–H groups in total. The lowest BCUT2D eigenvalue weighted by atomic mass is 10.3. The molecule has 0 bridgehead atoms.